The van der Waals surface area contributed by atoms with Crippen LogP contribution in [0.15, 0.2) is 65.4 Å². The average molecular weight is 384 g/mol. The number of anilines is 1. The van der Waals surface area contributed by atoms with Crippen LogP contribution in [0.25, 0.3) is 6.08 Å². The molecule has 0 aromatic heterocycles. The third kappa shape index (κ3) is 3.59. The van der Waals surface area contributed by atoms with Crippen LogP contribution in [-0.4, -0.2) is 26.1 Å². The van der Waals surface area contributed by atoms with Crippen molar-refractivity contribution >= 4 is 35.2 Å². The molecular weight excluding hydrogens is 366 g/mol. The van der Waals surface area contributed by atoms with Crippen molar-refractivity contribution in [2.45, 2.75) is 6.92 Å². The van der Waals surface area contributed by atoms with Crippen molar-refractivity contribution in [3.8, 4) is 5.75 Å². The molecule has 1 aliphatic heterocycles. The summed E-state index contributed by atoms with van der Waals surface area (Å²) in [5.74, 6) is -0.277. The van der Waals surface area contributed by atoms with Gasteiger partial charge in [-0.3, -0.25) is 9.69 Å². The normalized spacial score (nSPS) is 15.5. The van der Waals surface area contributed by atoms with E-state index in [1.807, 2.05) is 6.07 Å². The summed E-state index contributed by atoms with van der Waals surface area (Å²) < 4.78 is 10.1. The first-order chi connectivity index (χ1) is 13.0. The van der Waals surface area contributed by atoms with Crippen LogP contribution in [0.3, 0.4) is 0 Å². The molecule has 5 nitrogen and oxygen atoms in total. The first kappa shape index (κ1) is 18.7. The largest absolute Gasteiger partial charge is 0.497 e. The van der Waals surface area contributed by atoms with E-state index >= 15 is 0 Å². The average Bonchev–Trinajstić information content (AvgIpc) is 2.91. The standard InChI is InChI=1S/C21H18ClNO4/c1-13-19(21(25)27-3)18(11-14-6-4-7-15(22)10-14)20(24)23(13)16-8-5-9-17(12-16)26-2/h4-12H,1-3H3/b18-11-. The zero-order valence-electron chi connectivity index (χ0n) is 15.2. The second-order valence-corrected chi connectivity index (χ2v) is 6.34. The van der Waals surface area contributed by atoms with Crippen LogP contribution in [0.2, 0.25) is 5.02 Å². The van der Waals surface area contributed by atoms with E-state index in [2.05, 4.69) is 0 Å². The SMILES string of the molecule is COC(=O)C1=C(C)N(c2cccc(OC)c2)C(=O)/C1=C\c1cccc(Cl)c1. The molecule has 0 saturated carbocycles. The molecule has 27 heavy (non-hydrogen) atoms. The number of amides is 1. The summed E-state index contributed by atoms with van der Waals surface area (Å²) in [4.78, 5) is 27.0. The van der Waals surface area contributed by atoms with Crippen molar-refractivity contribution < 1.29 is 19.1 Å². The molecule has 0 saturated heterocycles. The third-order valence-corrected chi connectivity index (χ3v) is 4.50. The number of carbonyl (C=O) groups excluding carboxylic acids is 2. The zero-order chi connectivity index (χ0) is 19.6. The number of carbonyl (C=O) groups is 2. The highest BCUT2D eigenvalue weighted by molar-refractivity contribution is 6.30. The Kier molecular flexibility index (Phi) is 5.33. The second-order valence-electron chi connectivity index (χ2n) is 5.91. The Morgan fingerprint density at radius 3 is 2.52 bits per heavy atom. The predicted molar refractivity (Wildman–Crippen MR) is 105 cm³/mol. The molecule has 1 amide bonds. The number of nitrogens with zero attached hydrogens (tertiary/aromatic N) is 1. The first-order valence-corrected chi connectivity index (χ1v) is 8.59. The van der Waals surface area contributed by atoms with Gasteiger partial charge in [-0.05, 0) is 42.8 Å². The zero-order valence-corrected chi connectivity index (χ0v) is 15.9. The molecule has 0 aliphatic carbocycles. The number of allylic oxidation sites excluding steroid dienone is 1. The lowest BCUT2D eigenvalue weighted by Gasteiger charge is -2.18. The van der Waals surface area contributed by atoms with Crippen molar-refractivity contribution in [3.05, 3.63) is 76.0 Å². The van der Waals surface area contributed by atoms with Crippen molar-refractivity contribution in [2.24, 2.45) is 0 Å². The van der Waals surface area contributed by atoms with Gasteiger partial charge in [0.1, 0.15) is 5.75 Å². The van der Waals surface area contributed by atoms with Crippen LogP contribution in [0, 0.1) is 0 Å². The third-order valence-electron chi connectivity index (χ3n) is 4.26. The van der Waals surface area contributed by atoms with E-state index in [1.54, 1.807) is 62.6 Å². The molecular formula is C21H18ClNO4. The van der Waals surface area contributed by atoms with E-state index in [4.69, 9.17) is 21.1 Å². The molecule has 6 heteroatoms. The number of benzene rings is 2. The molecule has 0 N–H and O–H groups in total. The summed E-state index contributed by atoms with van der Waals surface area (Å²) in [6.45, 7) is 1.71. The van der Waals surface area contributed by atoms with Crippen LogP contribution < -0.4 is 9.64 Å². The molecule has 0 fully saturated rings. The number of halogens is 1. The van der Waals surface area contributed by atoms with Crippen molar-refractivity contribution in [1.82, 2.24) is 0 Å². The number of ether oxygens (including phenoxy) is 2. The molecule has 0 atom stereocenters. The minimum Gasteiger partial charge on any atom is -0.497 e. The van der Waals surface area contributed by atoms with Crippen LogP contribution in [-0.2, 0) is 14.3 Å². The van der Waals surface area contributed by atoms with E-state index in [0.29, 0.717) is 27.7 Å². The lowest BCUT2D eigenvalue weighted by atomic mass is 10.0. The molecule has 0 radical (unpaired) electrons. The molecule has 0 bridgehead atoms. The molecule has 3 rings (SSSR count). The Morgan fingerprint density at radius 2 is 1.85 bits per heavy atom. The summed E-state index contributed by atoms with van der Waals surface area (Å²) in [6.07, 6.45) is 1.64. The highest BCUT2D eigenvalue weighted by Crippen LogP contribution is 2.36. The maximum atomic E-state index is 13.2. The molecule has 1 heterocycles. The highest BCUT2D eigenvalue weighted by atomic mass is 35.5. The molecule has 138 valence electrons. The Hall–Kier alpha value is -3.05. The minimum atomic E-state index is -0.570. The number of methoxy groups -OCH3 is 2. The van der Waals surface area contributed by atoms with Gasteiger partial charge in [-0.15, -0.1) is 0 Å². The van der Waals surface area contributed by atoms with Crippen molar-refractivity contribution in [1.29, 1.82) is 0 Å². The monoisotopic (exact) mass is 383 g/mol. The first-order valence-electron chi connectivity index (χ1n) is 8.21. The Balaban J connectivity index is 2.14. The van der Waals surface area contributed by atoms with Gasteiger partial charge in [0, 0.05) is 16.8 Å². The lowest BCUT2D eigenvalue weighted by molar-refractivity contribution is -0.136. The fourth-order valence-electron chi connectivity index (χ4n) is 3.00. The van der Waals surface area contributed by atoms with E-state index < -0.39 is 5.97 Å². The van der Waals surface area contributed by atoms with Gasteiger partial charge in [0.15, 0.2) is 0 Å². The van der Waals surface area contributed by atoms with Crippen LogP contribution in [0.4, 0.5) is 5.69 Å². The lowest BCUT2D eigenvalue weighted by Crippen LogP contribution is -2.24. The van der Waals surface area contributed by atoms with Crippen LogP contribution >= 0.6 is 11.6 Å². The predicted octanol–water partition coefficient (Wildman–Crippen LogP) is 4.23. The Labute approximate surface area is 162 Å². The van der Waals surface area contributed by atoms with Crippen molar-refractivity contribution in [3.63, 3.8) is 0 Å². The van der Waals surface area contributed by atoms with Gasteiger partial charge in [-0.1, -0.05) is 29.8 Å². The van der Waals surface area contributed by atoms with Gasteiger partial charge in [0.2, 0.25) is 0 Å². The molecule has 1 aliphatic rings. The van der Waals surface area contributed by atoms with Crippen LogP contribution in [0.5, 0.6) is 5.75 Å². The molecule has 0 spiro atoms. The number of esters is 1. The Bertz CT molecular complexity index is 978. The van der Waals surface area contributed by atoms with Gasteiger partial charge in [0.25, 0.3) is 5.91 Å². The quantitative estimate of drug-likeness (QED) is 0.585. The van der Waals surface area contributed by atoms with Gasteiger partial charge >= 0.3 is 5.97 Å². The summed E-state index contributed by atoms with van der Waals surface area (Å²) in [5, 5.41) is 0.541. The molecule has 2 aromatic carbocycles. The second kappa shape index (κ2) is 7.68. The fourth-order valence-corrected chi connectivity index (χ4v) is 3.20. The molecule has 2 aromatic rings. The maximum absolute atomic E-state index is 13.2. The fraction of sp³-hybridized carbons (Fsp3) is 0.143. The number of rotatable bonds is 4. The molecule has 0 unspecified atom stereocenters. The van der Waals surface area contributed by atoms with Crippen molar-refractivity contribution in [2.75, 3.05) is 19.1 Å². The van der Waals surface area contributed by atoms with E-state index in [9.17, 15) is 9.59 Å². The van der Waals surface area contributed by atoms with E-state index in [1.165, 1.54) is 12.0 Å². The summed E-state index contributed by atoms with van der Waals surface area (Å²) in [7, 11) is 2.84. The van der Waals surface area contributed by atoms with E-state index in [0.717, 1.165) is 0 Å². The van der Waals surface area contributed by atoms with Crippen LogP contribution in [0.1, 0.15) is 12.5 Å². The summed E-state index contributed by atoms with van der Waals surface area (Å²) >= 11 is 6.04. The summed E-state index contributed by atoms with van der Waals surface area (Å²) in [6, 6.07) is 14.1. The van der Waals surface area contributed by atoms with Gasteiger partial charge in [0.05, 0.1) is 31.1 Å². The Morgan fingerprint density at radius 1 is 1.11 bits per heavy atom. The minimum absolute atomic E-state index is 0.227. The van der Waals surface area contributed by atoms with Gasteiger partial charge in [-0.25, -0.2) is 4.79 Å². The number of hydrogen-bond donors (Lipinski definition) is 0. The number of hydrogen-bond acceptors (Lipinski definition) is 4. The smallest absolute Gasteiger partial charge is 0.340 e. The van der Waals surface area contributed by atoms with E-state index in [-0.39, 0.29) is 17.1 Å². The van der Waals surface area contributed by atoms with Gasteiger partial charge in [-0.2, -0.15) is 0 Å². The topological polar surface area (TPSA) is 55.8 Å². The maximum Gasteiger partial charge on any atom is 0.340 e. The van der Waals surface area contributed by atoms with Gasteiger partial charge < -0.3 is 9.47 Å². The summed E-state index contributed by atoms with van der Waals surface area (Å²) in [5.41, 5.74) is 2.29. The highest BCUT2D eigenvalue weighted by Gasteiger charge is 2.38.